The molecule has 3 rings (SSSR count). The van der Waals surface area contributed by atoms with Crippen LogP contribution in [0.5, 0.6) is 17.2 Å². The minimum absolute atomic E-state index is 0.153. The highest BCUT2D eigenvalue weighted by atomic mass is 16.5. The highest BCUT2D eigenvalue weighted by molar-refractivity contribution is 6.36. The quantitative estimate of drug-likeness (QED) is 0.520. The summed E-state index contributed by atoms with van der Waals surface area (Å²) in [7, 11) is 4.61. The Morgan fingerprint density at radius 1 is 0.879 bits per heavy atom. The minimum atomic E-state index is -0.422. The number of anilines is 1. The van der Waals surface area contributed by atoms with Gasteiger partial charge in [0.15, 0.2) is 0 Å². The largest absolute Gasteiger partial charge is 0.497 e. The molecule has 176 valence electrons. The predicted molar refractivity (Wildman–Crippen MR) is 125 cm³/mol. The zero-order chi connectivity index (χ0) is 24.0. The van der Waals surface area contributed by atoms with E-state index >= 15 is 0 Å². The molecule has 1 aliphatic rings. The molecule has 0 saturated heterocycles. The van der Waals surface area contributed by atoms with Crippen LogP contribution in [0.15, 0.2) is 48.2 Å². The predicted octanol–water partition coefficient (Wildman–Crippen LogP) is 3.58. The molecule has 8 heteroatoms. The van der Waals surface area contributed by atoms with Gasteiger partial charge in [-0.3, -0.25) is 14.5 Å². The zero-order valence-electron chi connectivity index (χ0n) is 19.6. The Bertz CT molecular complexity index is 1010. The van der Waals surface area contributed by atoms with E-state index < -0.39 is 5.91 Å². The highest BCUT2D eigenvalue weighted by Gasteiger charge is 2.39. The molecule has 2 amide bonds. The van der Waals surface area contributed by atoms with Crippen molar-refractivity contribution in [2.24, 2.45) is 5.92 Å². The summed E-state index contributed by atoms with van der Waals surface area (Å²) >= 11 is 0. The Balaban J connectivity index is 1.99. The topological polar surface area (TPSA) is 86.3 Å². The van der Waals surface area contributed by atoms with Crippen molar-refractivity contribution in [2.45, 2.75) is 13.8 Å². The second kappa shape index (κ2) is 10.9. The lowest BCUT2D eigenvalue weighted by Crippen LogP contribution is -2.35. The Labute approximate surface area is 194 Å². The van der Waals surface area contributed by atoms with Crippen molar-refractivity contribution in [1.82, 2.24) is 4.90 Å². The summed E-state index contributed by atoms with van der Waals surface area (Å²) < 4.78 is 21.5. The Hall–Kier alpha value is -3.52. The summed E-state index contributed by atoms with van der Waals surface area (Å²) in [5, 5.41) is 3.12. The third-order valence-electron chi connectivity index (χ3n) is 5.03. The van der Waals surface area contributed by atoms with Crippen LogP contribution < -0.4 is 19.5 Å². The number of hydrogen-bond donors (Lipinski definition) is 1. The lowest BCUT2D eigenvalue weighted by molar-refractivity contribution is -0.137. The number of methoxy groups -OCH3 is 3. The summed E-state index contributed by atoms with van der Waals surface area (Å²) in [6, 6.07) is 12.3. The van der Waals surface area contributed by atoms with Crippen molar-refractivity contribution in [3.8, 4) is 17.2 Å². The SMILES string of the molecule is COCCN1C(=O)C(Nc2cc(OC)cc(OC)c2)=C(c2ccc(OCC(C)C)cc2)C1=O. The lowest BCUT2D eigenvalue weighted by atomic mass is 10.0. The normalized spacial score (nSPS) is 13.7. The summed E-state index contributed by atoms with van der Waals surface area (Å²) in [5.41, 5.74) is 1.64. The first kappa shape index (κ1) is 24.1. The molecule has 0 atom stereocenters. The van der Waals surface area contributed by atoms with Crippen LogP contribution in [0.25, 0.3) is 5.57 Å². The number of ether oxygens (including phenoxy) is 4. The minimum Gasteiger partial charge on any atom is -0.497 e. The molecule has 1 N–H and O–H groups in total. The van der Waals surface area contributed by atoms with E-state index in [9.17, 15) is 9.59 Å². The number of nitrogens with one attached hydrogen (secondary N) is 1. The van der Waals surface area contributed by atoms with Crippen LogP contribution in [-0.4, -0.2) is 57.8 Å². The van der Waals surface area contributed by atoms with E-state index in [1.54, 1.807) is 56.7 Å². The Morgan fingerprint density at radius 2 is 1.52 bits per heavy atom. The maximum Gasteiger partial charge on any atom is 0.278 e. The summed E-state index contributed by atoms with van der Waals surface area (Å²) in [5.74, 6) is 1.40. The molecular weight excluding hydrogens is 424 g/mol. The number of benzene rings is 2. The number of carbonyl (C=O) groups is 2. The number of amides is 2. The molecule has 0 saturated carbocycles. The van der Waals surface area contributed by atoms with Gasteiger partial charge >= 0.3 is 0 Å². The molecule has 1 aliphatic heterocycles. The molecule has 0 spiro atoms. The van der Waals surface area contributed by atoms with Crippen molar-refractivity contribution >= 4 is 23.1 Å². The third kappa shape index (κ3) is 5.64. The van der Waals surface area contributed by atoms with E-state index in [2.05, 4.69) is 19.2 Å². The summed E-state index contributed by atoms with van der Waals surface area (Å²) in [4.78, 5) is 27.6. The van der Waals surface area contributed by atoms with Gasteiger partial charge in [0, 0.05) is 31.0 Å². The zero-order valence-corrected chi connectivity index (χ0v) is 19.6. The van der Waals surface area contributed by atoms with Crippen LogP contribution in [-0.2, 0) is 14.3 Å². The van der Waals surface area contributed by atoms with Crippen molar-refractivity contribution in [1.29, 1.82) is 0 Å². The lowest BCUT2D eigenvalue weighted by Gasteiger charge is -2.15. The van der Waals surface area contributed by atoms with Crippen molar-refractivity contribution in [3.63, 3.8) is 0 Å². The molecule has 0 radical (unpaired) electrons. The van der Waals surface area contributed by atoms with Crippen molar-refractivity contribution in [2.75, 3.05) is 46.4 Å². The van der Waals surface area contributed by atoms with Gasteiger partial charge in [0.05, 0.1) is 39.6 Å². The van der Waals surface area contributed by atoms with E-state index in [-0.39, 0.29) is 30.3 Å². The van der Waals surface area contributed by atoms with Crippen LogP contribution in [0, 0.1) is 5.92 Å². The van der Waals surface area contributed by atoms with Crippen LogP contribution in [0.4, 0.5) is 5.69 Å². The number of rotatable bonds is 11. The van der Waals surface area contributed by atoms with Crippen LogP contribution >= 0.6 is 0 Å². The van der Waals surface area contributed by atoms with E-state index in [1.807, 2.05) is 0 Å². The molecule has 33 heavy (non-hydrogen) atoms. The average Bonchev–Trinajstić information content (AvgIpc) is 3.05. The fourth-order valence-corrected chi connectivity index (χ4v) is 3.35. The van der Waals surface area contributed by atoms with Crippen LogP contribution in [0.3, 0.4) is 0 Å². The van der Waals surface area contributed by atoms with E-state index in [4.69, 9.17) is 18.9 Å². The second-order valence-corrected chi connectivity index (χ2v) is 7.96. The van der Waals surface area contributed by atoms with Gasteiger partial charge in [0.1, 0.15) is 22.9 Å². The van der Waals surface area contributed by atoms with Gasteiger partial charge in [-0.2, -0.15) is 0 Å². The van der Waals surface area contributed by atoms with E-state index in [0.29, 0.717) is 41.0 Å². The fraction of sp³-hybridized carbons (Fsp3) is 0.360. The second-order valence-electron chi connectivity index (χ2n) is 7.96. The standard InChI is InChI=1S/C25H30N2O6/c1-16(2)15-33-19-8-6-17(7-9-19)22-23(25(29)27(24(22)28)10-11-30-3)26-18-12-20(31-4)14-21(13-18)32-5/h6-9,12-14,16,26H,10-11,15H2,1-5H3. The van der Waals surface area contributed by atoms with Gasteiger partial charge in [-0.15, -0.1) is 0 Å². The van der Waals surface area contributed by atoms with Crippen molar-refractivity contribution in [3.05, 3.63) is 53.7 Å². The molecule has 2 aromatic carbocycles. The summed E-state index contributed by atoms with van der Waals surface area (Å²) in [6.45, 7) is 5.13. The molecule has 0 aliphatic carbocycles. The van der Waals surface area contributed by atoms with Crippen LogP contribution in [0.2, 0.25) is 0 Å². The molecule has 0 unspecified atom stereocenters. The Morgan fingerprint density at radius 3 is 2.06 bits per heavy atom. The van der Waals surface area contributed by atoms with Gasteiger partial charge in [0.25, 0.3) is 11.8 Å². The molecule has 0 fully saturated rings. The number of nitrogens with zero attached hydrogens (tertiary/aromatic N) is 1. The maximum atomic E-state index is 13.2. The van der Waals surface area contributed by atoms with Gasteiger partial charge in [0.2, 0.25) is 0 Å². The first-order valence-electron chi connectivity index (χ1n) is 10.7. The molecule has 0 bridgehead atoms. The van der Waals surface area contributed by atoms with Gasteiger partial charge < -0.3 is 24.3 Å². The first-order valence-corrected chi connectivity index (χ1v) is 10.7. The Kier molecular flexibility index (Phi) is 7.95. The fourth-order valence-electron chi connectivity index (χ4n) is 3.35. The smallest absolute Gasteiger partial charge is 0.278 e. The average molecular weight is 455 g/mol. The van der Waals surface area contributed by atoms with Gasteiger partial charge in [-0.1, -0.05) is 26.0 Å². The van der Waals surface area contributed by atoms with Gasteiger partial charge in [-0.25, -0.2) is 0 Å². The van der Waals surface area contributed by atoms with E-state index in [0.717, 1.165) is 0 Å². The maximum absolute atomic E-state index is 13.2. The number of imide groups is 1. The van der Waals surface area contributed by atoms with E-state index in [1.165, 1.54) is 12.0 Å². The monoisotopic (exact) mass is 454 g/mol. The number of hydrogen-bond acceptors (Lipinski definition) is 7. The molecule has 0 aromatic heterocycles. The highest BCUT2D eigenvalue weighted by Crippen LogP contribution is 2.33. The van der Waals surface area contributed by atoms with Gasteiger partial charge in [-0.05, 0) is 23.6 Å². The van der Waals surface area contributed by atoms with Crippen LogP contribution in [0.1, 0.15) is 19.4 Å². The molecular formula is C25H30N2O6. The summed E-state index contributed by atoms with van der Waals surface area (Å²) in [6.07, 6.45) is 0. The van der Waals surface area contributed by atoms with Crippen molar-refractivity contribution < 1.29 is 28.5 Å². The molecule has 2 aromatic rings. The third-order valence-corrected chi connectivity index (χ3v) is 5.03. The first-order chi connectivity index (χ1) is 15.9. The molecule has 1 heterocycles. The molecule has 8 nitrogen and oxygen atoms in total. The number of carbonyl (C=O) groups excluding carboxylic acids is 2.